The number of nitrogens with one attached hydrogen (secondary N) is 1. The molecule has 0 saturated heterocycles. The second kappa shape index (κ2) is 3.98. The largest absolute Gasteiger partial charge is 0.350 e. The van der Waals surface area contributed by atoms with Gasteiger partial charge in [0.25, 0.3) is 5.91 Å². The van der Waals surface area contributed by atoms with Gasteiger partial charge in [0.2, 0.25) is 0 Å². The Kier molecular flexibility index (Phi) is 2.66. The van der Waals surface area contributed by atoms with Crippen molar-refractivity contribution in [1.82, 2.24) is 10.0 Å². The molecule has 1 amide bonds. The van der Waals surface area contributed by atoms with Gasteiger partial charge in [-0.25, -0.2) is 5.06 Å². The van der Waals surface area contributed by atoms with Gasteiger partial charge in [0.15, 0.2) is 0 Å². The number of aryl methyl sites for hydroxylation is 1. The average Bonchev–Trinajstić information content (AvgIpc) is 2.65. The summed E-state index contributed by atoms with van der Waals surface area (Å²) in [5.74, 6) is -0.170. The number of aromatic nitrogens is 1. The van der Waals surface area contributed by atoms with Gasteiger partial charge < -0.3 is 4.98 Å². The van der Waals surface area contributed by atoms with Gasteiger partial charge in [-0.05, 0) is 18.6 Å². The van der Waals surface area contributed by atoms with Crippen LogP contribution in [0.1, 0.15) is 16.1 Å². The van der Waals surface area contributed by atoms with Crippen LogP contribution < -0.4 is 0 Å². The van der Waals surface area contributed by atoms with Gasteiger partial charge in [-0.1, -0.05) is 18.2 Å². The molecule has 4 heteroatoms. The number of carbonyl (C=O) groups is 1. The van der Waals surface area contributed by atoms with Crippen LogP contribution in [0.15, 0.2) is 24.3 Å². The molecule has 4 nitrogen and oxygen atoms in total. The first-order chi connectivity index (χ1) is 7.65. The average molecular weight is 218 g/mol. The van der Waals surface area contributed by atoms with E-state index in [2.05, 4.69) is 4.98 Å². The maximum atomic E-state index is 11.9. The molecule has 0 aliphatic carbocycles. The third kappa shape index (κ3) is 1.57. The van der Waals surface area contributed by atoms with Gasteiger partial charge in [0.05, 0.1) is 7.11 Å². The minimum atomic E-state index is -0.170. The highest BCUT2D eigenvalue weighted by Gasteiger charge is 2.17. The molecule has 0 bridgehead atoms. The van der Waals surface area contributed by atoms with Crippen LogP contribution in [0.25, 0.3) is 10.9 Å². The minimum absolute atomic E-state index is 0.170. The van der Waals surface area contributed by atoms with Gasteiger partial charge in [-0.15, -0.1) is 0 Å². The fourth-order valence-electron chi connectivity index (χ4n) is 1.74. The molecule has 16 heavy (non-hydrogen) atoms. The van der Waals surface area contributed by atoms with Crippen molar-refractivity contribution in [3.05, 3.63) is 35.5 Å². The predicted octanol–water partition coefficient (Wildman–Crippen LogP) is 2.11. The van der Waals surface area contributed by atoms with E-state index in [9.17, 15) is 4.79 Å². The zero-order valence-corrected chi connectivity index (χ0v) is 9.57. The summed E-state index contributed by atoms with van der Waals surface area (Å²) in [7, 11) is 3.06. The molecule has 1 aromatic carbocycles. The first kappa shape index (κ1) is 10.7. The molecular weight excluding hydrogens is 204 g/mol. The Balaban J connectivity index is 2.53. The number of H-pyrrole nitrogens is 1. The molecule has 0 aliphatic heterocycles. The van der Waals surface area contributed by atoms with Gasteiger partial charge in [-0.3, -0.25) is 9.63 Å². The van der Waals surface area contributed by atoms with Crippen molar-refractivity contribution >= 4 is 16.8 Å². The Morgan fingerprint density at radius 1 is 1.38 bits per heavy atom. The van der Waals surface area contributed by atoms with Crippen molar-refractivity contribution in [3.8, 4) is 0 Å². The van der Waals surface area contributed by atoms with E-state index < -0.39 is 0 Å². The normalized spacial score (nSPS) is 10.7. The fourth-order valence-corrected chi connectivity index (χ4v) is 1.74. The molecule has 1 N–H and O–H groups in total. The number of hydroxylamine groups is 2. The van der Waals surface area contributed by atoms with Crippen LogP contribution in [0.3, 0.4) is 0 Å². The Morgan fingerprint density at radius 3 is 2.69 bits per heavy atom. The first-order valence-electron chi connectivity index (χ1n) is 5.04. The molecule has 0 atom stereocenters. The zero-order valence-electron chi connectivity index (χ0n) is 9.57. The molecule has 0 saturated carbocycles. The predicted molar refractivity (Wildman–Crippen MR) is 62.1 cm³/mol. The highest BCUT2D eigenvalue weighted by Crippen LogP contribution is 2.21. The minimum Gasteiger partial charge on any atom is -0.350 e. The molecule has 0 spiro atoms. The van der Waals surface area contributed by atoms with Crippen molar-refractivity contribution in [1.29, 1.82) is 0 Å². The van der Waals surface area contributed by atoms with E-state index in [1.54, 1.807) is 7.05 Å². The topological polar surface area (TPSA) is 45.3 Å². The van der Waals surface area contributed by atoms with E-state index in [4.69, 9.17) is 4.84 Å². The number of carbonyl (C=O) groups excluding carboxylic acids is 1. The van der Waals surface area contributed by atoms with Crippen molar-refractivity contribution < 1.29 is 9.63 Å². The third-order valence-corrected chi connectivity index (χ3v) is 2.74. The number of para-hydroxylation sites is 1. The first-order valence-corrected chi connectivity index (χ1v) is 5.04. The van der Waals surface area contributed by atoms with E-state index in [1.807, 2.05) is 31.2 Å². The number of hydrogen-bond donors (Lipinski definition) is 1. The van der Waals surface area contributed by atoms with Crippen LogP contribution in [-0.4, -0.2) is 30.1 Å². The van der Waals surface area contributed by atoms with E-state index in [0.717, 1.165) is 16.5 Å². The molecule has 0 fully saturated rings. The summed E-state index contributed by atoms with van der Waals surface area (Å²) in [6.45, 7) is 1.93. The van der Waals surface area contributed by atoms with Gasteiger partial charge in [-0.2, -0.15) is 0 Å². The molecule has 2 aromatic rings. The van der Waals surface area contributed by atoms with Crippen molar-refractivity contribution in [2.75, 3.05) is 14.2 Å². The molecule has 0 aliphatic rings. The van der Waals surface area contributed by atoms with Gasteiger partial charge in [0.1, 0.15) is 5.69 Å². The summed E-state index contributed by atoms with van der Waals surface area (Å²) < 4.78 is 0. The van der Waals surface area contributed by atoms with Crippen LogP contribution in [0.5, 0.6) is 0 Å². The standard InChI is InChI=1S/C12H14N2O2/c1-8-9-6-4-5-7-10(9)13-11(8)12(15)14(2)16-3/h4-7,13H,1-3H3. The maximum absolute atomic E-state index is 11.9. The summed E-state index contributed by atoms with van der Waals surface area (Å²) in [6, 6.07) is 7.83. The lowest BCUT2D eigenvalue weighted by molar-refractivity contribution is -0.0760. The molecule has 2 rings (SSSR count). The Labute approximate surface area is 93.8 Å². The smallest absolute Gasteiger partial charge is 0.293 e. The highest BCUT2D eigenvalue weighted by molar-refractivity contribution is 6.00. The van der Waals surface area contributed by atoms with Crippen LogP contribution >= 0.6 is 0 Å². The lowest BCUT2D eigenvalue weighted by Crippen LogP contribution is -2.26. The summed E-state index contributed by atoms with van der Waals surface area (Å²) >= 11 is 0. The van der Waals surface area contributed by atoms with E-state index in [0.29, 0.717) is 5.69 Å². The summed E-state index contributed by atoms with van der Waals surface area (Å²) in [5.41, 5.74) is 2.49. The van der Waals surface area contributed by atoms with Crippen molar-refractivity contribution in [2.24, 2.45) is 0 Å². The lowest BCUT2D eigenvalue weighted by atomic mass is 10.1. The van der Waals surface area contributed by atoms with Crippen LogP contribution in [-0.2, 0) is 4.84 Å². The Morgan fingerprint density at radius 2 is 2.06 bits per heavy atom. The number of amides is 1. The quantitative estimate of drug-likeness (QED) is 0.785. The molecule has 1 heterocycles. The Hall–Kier alpha value is -1.81. The van der Waals surface area contributed by atoms with Gasteiger partial charge >= 0.3 is 0 Å². The van der Waals surface area contributed by atoms with E-state index in [1.165, 1.54) is 12.2 Å². The SMILES string of the molecule is CON(C)C(=O)c1[nH]c2ccccc2c1C. The number of nitrogens with zero attached hydrogens (tertiary/aromatic N) is 1. The van der Waals surface area contributed by atoms with Crippen molar-refractivity contribution in [3.63, 3.8) is 0 Å². The van der Waals surface area contributed by atoms with E-state index >= 15 is 0 Å². The lowest BCUT2D eigenvalue weighted by Gasteiger charge is -2.12. The van der Waals surface area contributed by atoms with Crippen LogP contribution in [0.2, 0.25) is 0 Å². The molecule has 1 aromatic heterocycles. The second-order valence-electron chi connectivity index (χ2n) is 3.66. The molecule has 84 valence electrons. The van der Waals surface area contributed by atoms with Crippen molar-refractivity contribution in [2.45, 2.75) is 6.92 Å². The van der Waals surface area contributed by atoms with Crippen LogP contribution in [0.4, 0.5) is 0 Å². The number of fused-ring (bicyclic) bond motifs is 1. The Bertz CT molecular complexity index is 531. The highest BCUT2D eigenvalue weighted by atomic mass is 16.7. The van der Waals surface area contributed by atoms with Crippen LogP contribution in [0, 0.1) is 6.92 Å². The molecule has 0 radical (unpaired) electrons. The summed E-state index contributed by atoms with van der Waals surface area (Å²) in [4.78, 5) is 19.9. The third-order valence-electron chi connectivity index (χ3n) is 2.74. The number of benzene rings is 1. The van der Waals surface area contributed by atoms with Gasteiger partial charge in [0, 0.05) is 18.0 Å². The number of rotatable bonds is 2. The fraction of sp³-hybridized carbons (Fsp3) is 0.250. The molecular formula is C12H14N2O2. The summed E-state index contributed by atoms with van der Waals surface area (Å²) in [6.07, 6.45) is 0. The second-order valence-corrected chi connectivity index (χ2v) is 3.66. The maximum Gasteiger partial charge on any atom is 0.293 e. The monoisotopic (exact) mass is 218 g/mol. The summed E-state index contributed by atoms with van der Waals surface area (Å²) in [5, 5.41) is 2.27. The number of aromatic amines is 1. The number of hydrogen-bond acceptors (Lipinski definition) is 2. The molecule has 0 unspecified atom stereocenters. The zero-order chi connectivity index (χ0) is 11.7. The van der Waals surface area contributed by atoms with E-state index in [-0.39, 0.29) is 5.91 Å².